The summed E-state index contributed by atoms with van der Waals surface area (Å²) in [5, 5.41) is 37.2. The molecule has 3 saturated heterocycles. The number of hydrogen-bond donors (Lipinski definition) is 5. The van der Waals surface area contributed by atoms with E-state index in [-0.39, 0.29) is 42.6 Å². The normalized spacial score (nSPS) is 25.5. The maximum Gasteiger partial charge on any atom is 0.318 e. The Labute approximate surface area is 409 Å². The highest BCUT2D eigenvalue weighted by atomic mass is 16.3. The van der Waals surface area contributed by atoms with E-state index in [2.05, 4.69) is 66.8 Å². The molecule has 12 rings (SSSR count). The largest absolute Gasteiger partial charge is 0.507 e. The highest BCUT2D eigenvalue weighted by molar-refractivity contribution is 5.93. The van der Waals surface area contributed by atoms with Gasteiger partial charge in [0.25, 0.3) is 0 Å². The zero-order valence-electron chi connectivity index (χ0n) is 40.9. The van der Waals surface area contributed by atoms with Gasteiger partial charge in [0.2, 0.25) is 17.8 Å². The number of nitrogens with one attached hydrogen (secondary N) is 3. The van der Waals surface area contributed by atoms with Crippen molar-refractivity contribution in [2.24, 2.45) is 11.3 Å². The molecule has 16 heteroatoms. The van der Waals surface area contributed by atoms with Gasteiger partial charge < -0.3 is 45.4 Å². The van der Waals surface area contributed by atoms with Gasteiger partial charge in [0, 0.05) is 86.2 Å². The van der Waals surface area contributed by atoms with Gasteiger partial charge in [-0.2, -0.15) is 0 Å². The molecule has 3 aliphatic carbocycles. The van der Waals surface area contributed by atoms with E-state index in [1.807, 2.05) is 56.3 Å². The number of hydrogen-bond acceptors (Lipinski definition) is 11. The second-order valence-corrected chi connectivity index (χ2v) is 22.3. The number of carbonyl (C=O) groups excluding carboxylic acids is 3. The van der Waals surface area contributed by atoms with Crippen LogP contribution in [0.5, 0.6) is 5.75 Å². The molecule has 4 aliphatic heterocycles. The maximum atomic E-state index is 14.3. The Balaban J connectivity index is 0.655. The van der Waals surface area contributed by atoms with Crippen molar-refractivity contribution in [3.63, 3.8) is 0 Å². The molecular formula is C54H67N11O5. The summed E-state index contributed by atoms with van der Waals surface area (Å²) in [5.74, 6) is 1.52. The van der Waals surface area contributed by atoms with Crippen LogP contribution < -0.4 is 15.5 Å². The van der Waals surface area contributed by atoms with Crippen LogP contribution in [0.4, 0.5) is 10.7 Å². The molecule has 4 amide bonds. The van der Waals surface area contributed by atoms with Gasteiger partial charge in [-0.05, 0) is 123 Å². The Hall–Kier alpha value is -6.13. The van der Waals surface area contributed by atoms with Crippen LogP contribution in [0.15, 0.2) is 67.0 Å². The zero-order chi connectivity index (χ0) is 48.5. The van der Waals surface area contributed by atoms with Crippen molar-refractivity contribution in [3.8, 4) is 17.0 Å². The molecule has 3 saturated carbocycles. The van der Waals surface area contributed by atoms with Gasteiger partial charge in [-0.15, -0.1) is 10.2 Å². The molecule has 2 bridgehead atoms. The van der Waals surface area contributed by atoms with E-state index in [1.165, 1.54) is 29.7 Å². The van der Waals surface area contributed by atoms with Gasteiger partial charge in [0.05, 0.1) is 17.8 Å². The fourth-order valence-corrected chi connectivity index (χ4v) is 12.6. The minimum atomic E-state index is -0.878. The number of phenolic OH excluding ortho intramolecular Hbond substituents is 1. The summed E-state index contributed by atoms with van der Waals surface area (Å²) in [7, 11) is 0. The Kier molecular flexibility index (Phi) is 12.1. The molecule has 16 nitrogen and oxygen atoms in total. The summed E-state index contributed by atoms with van der Waals surface area (Å²) in [6.45, 7) is 12.2. The molecule has 0 unspecified atom stereocenters. The zero-order valence-corrected chi connectivity index (χ0v) is 40.9. The van der Waals surface area contributed by atoms with Crippen LogP contribution in [0.2, 0.25) is 0 Å². The van der Waals surface area contributed by atoms with E-state index in [0.717, 1.165) is 91.1 Å². The van der Waals surface area contributed by atoms with Gasteiger partial charge in [0.15, 0.2) is 5.65 Å². The van der Waals surface area contributed by atoms with E-state index in [9.17, 15) is 24.6 Å². The van der Waals surface area contributed by atoms with Crippen molar-refractivity contribution in [1.82, 2.24) is 50.5 Å². The number of phenols is 1. The number of H-pyrrole nitrogens is 1. The average molecular weight is 950 g/mol. The number of benzene rings is 2. The molecule has 2 aromatic carbocycles. The van der Waals surface area contributed by atoms with Crippen LogP contribution in [0.1, 0.15) is 119 Å². The summed E-state index contributed by atoms with van der Waals surface area (Å²) in [6, 6.07) is 16.1. The third kappa shape index (κ3) is 8.64. The number of aliphatic hydroxyl groups excluding tert-OH is 1. The van der Waals surface area contributed by atoms with Crippen LogP contribution in [-0.2, 0) is 28.0 Å². The Morgan fingerprint density at radius 2 is 1.63 bits per heavy atom. The number of piperidine rings is 2. The van der Waals surface area contributed by atoms with Gasteiger partial charge >= 0.3 is 6.03 Å². The highest BCUT2D eigenvalue weighted by Crippen LogP contribution is 2.65. The molecular weight excluding hydrogens is 883 g/mol. The molecule has 7 aliphatic rings. The first kappa shape index (κ1) is 46.3. The van der Waals surface area contributed by atoms with Gasteiger partial charge in [0.1, 0.15) is 17.8 Å². The minimum Gasteiger partial charge on any atom is -0.507 e. The minimum absolute atomic E-state index is 0.00537. The van der Waals surface area contributed by atoms with Crippen molar-refractivity contribution in [2.45, 2.75) is 134 Å². The Morgan fingerprint density at radius 1 is 0.914 bits per heavy atom. The first-order valence-electron chi connectivity index (χ1n) is 25.6. The third-order valence-electron chi connectivity index (χ3n) is 16.8. The first-order valence-corrected chi connectivity index (χ1v) is 25.6. The number of para-hydroxylation sites is 1. The quantitative estimate of drug-likeness (QED) is 0.105. The van der Waals surface area contributed by atoms with Crippen molar-refractivity contribution in [3.05, 3.63) is 94.9 Å². The summed E-state index contributed by atoms with van der Waals surface area (Å²) >= 11 is 0. The van der Waals surface area contributed by atoms with Crippen LogP contribution in [0.25, 0.3) is 22.3 Å². The SMILES string of the molecule is C[C@@H]1c2c([nH]c3nnc(-c4ccccc4O)cc23)CCN1c1ncc(C2CCN(C3CCN(C(=O)N[C@H](C(=O)N4C[C@H](O)C[C@H]4C(=O)NCc4ccc(C56CC(C5)C6)cc4)C(C)(C)C)CC3)CC2)cn1. The second-order valence-electron chi connectivity index (χ2n) is 22.3. The van der Waals surface area contributed by atoms with Crippen molar-refractivity contribution >= 4 is 34.8 Å². The summed E-state index contributed by atoms with van der Waals surface area (Å²) < 4.78 is 0. The number of carbonyl (C=O) groups is 3. The monoisotopic (exact) mass is 950 g/mol. The van der Waals surface area contributed by atoms with Crippen LogP contribution in [0.3, 0.4) is 0 Å². The van der Waals surface area contributed by atoms with Gasteiger partial charge in [-0.25, -0.2) is 14.8 Å². The number of aliphatic hydroxyl groups is 1. The molecule has 0 radical (unpaired) electrons. The number of fused-ring (bicyclic) bond motifs is 3. The molecule has 7 heterocycles. The van der Waals surface area contributed by atoms with Crippen LogP contribution in [0, 0.1) is 11.3 Å². The summed E-state index contributed by atoms with van der Waals surface area (Å²) in [4.78, 5) is 63.2. The first-order chi connectivity index (χ1) is 33.7. The number of β-amino-alcohol motifs (C(OH)–C–C–N with tert-alkyl or cyclic N) is 1. The van der Waals surface area contributed by atoms with Gasteiger partial charge in [-0.1, -0.05) is 57.2 Å². The lowest BCUT2D eigenvalue weighted by Crippen LogP contribution is -2.60. The molecule has 0 spiro atoms. The number of aromatic nitrogens is 5. The van der Waals surface area contributed by atoms with Crippen molar-refractivity contribution in [2.75, 3.05) is 44.2 Å². The van der Waals surface area contributed by atoms with Crippen LogP contribution in [-0.4, -0.2) is 131 Å². The standard InChI is InChI=1S/C54H67N11O5/c1-32-46-41-24-43(40-7-5-6-8-45(40)67)60-61-48(41)58-42(46)17-22-64(32)51-56-29-36(30-57-51)35-13-18-62(19-14-35)38-15-20-63(21-16-38)52(70)59-47(53(2,3)4)50(69)65-31-39(66)23-44(65)49(68)55-28-33-9-11-37(12-10-33)54-25-34(26-54)27-54/h5-12,24,29-30,32,34-35,38-39,44,47,66-67H,13-23,25-28,31H2,1-4H3,(H,55,68)(H,58,61)(H,59,70)/t32-,34?,39-,44+,47-,54?/m1/s1. The lowest BCUT2D eigenvalue weighted by molar-refractivity contribution is -0.142. The van der Waals surface area contributed by atoms with Gasteiger partial charge in [-0.3, -0.25) is 9.59 Å². The van der Waals surface area contributed by atoms with Crippen molar-refractivity contribution in [1.29, 1.82) is 0 Å². The number of nitrogens with zero attached hydrogens (tertiary/aromatic N) is 8. The number of urea groups is 1. The Morgan fingerprint density at radius 3 is 2.30 bits per heavy atom. The Bertz CT molecular complexity index is 2740. The predicted molar refractivity (Wildman–Crippen MR) is 266 cm³/mol. The van der Waals surface area contributed by atoms with E-state index in [4.69, 9.17) is 9.97 Å². The number of anilines is 1. The molecule has 3 aromatic heterocycles. The fraction of sp³-hybridized carbons (Fsp3) is 0.537. The number of aromatic amines is 1. The lowest BCUT2D eigenvalue weighted by atomic mass is 9.42. The fourth-order valence-electron chi connectivity index (χ4n) is 12.6. The summed E-state index contributed by atoms with van der Waals surface area (Å²) in [5.41, 5.74) is 7.61. The highest BCUT2D eigenvalue weighted by Gasteiger charge is 2.57. The van der Waals surface area contributed by atoms with E-state index in [1.54, 1.807) is 12.1 Å². The molecule has 5 aromatic rings. The maximum absolute atomic E-state index is 14.3. The van der Waals surface area contributed by atoms with E-state index >= 15 is 0 Å². The molecule has 70 heavy (non-hydrogen) atoms. The predicted octanol–water partition coefficient (Wildman–Crippen LogP) is 6.34. The lowest BCUT2D eigenvalue weighted by Gasteiger charge is -2.62. The smallest absolute Gasteiger partial charge is 0.318 e. The third-order valence-corrected chi connectivity index (χ3v) is 16.8. The second kappa shape index (κ2) is 18.2. The number of aromatic hydroxyl groups is 1. The number of amides is 4. The molecule has 6 fully saturated rings. The number of rotatable bonds is 10. The van der Waals surface area contributed by atoms with E-state index in [0.29, 0.717) is 54.2 Å². The average Bonchev–Trinajstić information content (AvgIpc) is 3.92. The topological polar surface area (TPSA) is 196 Å². The van der Waals surface area contributed by atoms with E-state index < -0.39 is 23.6 Å². The van der Waals surface area contributed by atoms with Crippen molar-refractivity contribution < 1.29 is 24.6 Å². The molecule has 368 valence electrons. The molecule has 4 atom stereocenters. The van der Waals surface area contributed by atoms with Crippen LogP contribution >= 0.6 is 0 Å². The number of likely N-dealkylation sites (tertiary alicyclic amines) is 3. The molecule has 5 N–H and O–H groups in total. The summed E-state index contributed by atoms with van der Waals surface area (Å²) in [6.07, 6.45) is 11.7.